The number of rotatable bonds is 3. The third-order valence-electron chi connectivity index (χ3n) is 3.90. The van der Waals surface area contributed by atoms with Crippen LogP contribution < -0.4 is 0 Å². The predicted molar refractivity (Wildman–Crippen MR) is 94.4 cm³/mol. The standard InChI is InChI=1S/C15H13BrClF3N6O/c1-7-4-10(15(18,19)20)26-13(22-7)11(17)12(23-26)14(27)24(2)6-9-8(16)5-21-25(9)3/h4-5H,6H2,1-3H3. The number of halogens is 5. The number of carbonyl (C=O) groups is 1. The molecule has 0 saturated carbocycles. The summed E-state index contributed by atoms with van der Waals surface area (Å²) in [6.45, 7) is 1.56. The maximum absolute atomic E-state index is 13.3. The number of alkyl halides is 3. The minimum atomic E-state index is -4.67. The molecular formula is C15H13BrClF3N6O. The summed E-state index contributed by atoms with van der Waals surface area (Å²) in [5.74, 6) is -0.635. The van der Waals surface area contributed by atoms with E-state index < -0.39 is 17.8 Å². The summed E-state index contributed by atoms with van der Waals surface area (Å²) in [4.78, 5) is 18.0. The molecule has 0 unspecified atom stereocenters. The molecule has 0 aliphatic carbocycles. The third kappa shape index (κ3) is 3.53. The van der Waals surface area contributed by atoms with Crippen LogP contribution >= 0.6 is 27.5 Å². The molecule has 3 aromatic rings. The largest absolute Gasteiger partial charge is 0.433 e. The third-order valence-corrected chi connectivity index (χ3v) is 4.91. The van der Waals surface area contributed by atoms with Gasteiger partial charge in [-0.25, -0.2) is 9.50 Å². The smallest absolute Gasteiger partial charge is 0.334 e. The Morgan fingerprint density at radius 2 is 2.07 bits per heavy atom. The number of carbonyl (C=O) groups excluding carboxylic acids is 1. The minimum Gasteiger partial charge on any atom is -0.334 e. The fourth-order valence-corrected chi connectivity index (χ4v) is 3.26. The highest BCUT2D eigenvalue weighted by atomic mass is 79.9. The second kappa shape index (κ2) is 6.79. The molecule has 7 nitrogen and oxygen atoms in total. The van der Waals surface area contributed by atoms with Crippen LogP contribution in [0.2, 0.25) is 5.02 Å². The number of aromatic nitrogens is 5. The van der Waals surface area contributed by atoms with Gasteiger partial charge in [0.2, 0.25) is 0 Å². The molecule has 3 rings (SSSR count). The Labute approximate surface area is 164 Å². The lowest BCUT2D eigenvalue weighted by atomic mass is 10.3. The van der Waals surface area contributed by atoms with Crippen molar-refractivity contribution in [1.82, 2.24) is 29.3 Å². The molecule has 0 spiro atoms. The molecule has 0 radical (unpaired) electrons. The van der Waals surface area contributed by atoms with Gasteiger partial charge in [0.15, 0.2) is 11.3 Å². The Hall–Kier alpha value is -2.14. The van der Waals surface area contributed by atoms with E-state index in [-0.39, 0.29) is 28.6 Å². The summed E-state index contributed by atoms with van der Waals surface area (Å²) in [7, 11) is 3.20. The zero-order valence-electron chi connectivity index (χ0n) is 14.3. The van der Waals surface area contributed by atoms with Gasteiger partial charge in [0, 0.05) is 19.8 Å². The van der Waals surface area contributed by atoms with Crippen LogP contribution in [-0.4, -0.2) is 42.2 Å². The maximum atomic E-state index is 13.3. The fraction of sp³-hybridized carbons (Fsp3) is 0.333. The lowest BCUT2D eigenvalue weighted by molar-refractivity contribution is -0.142. The lowest BCUT2D eigenvalue weighted by Gasteiger charge is -2.16. The van der Waals surface area contributed by atoms with Crippen LogP contribution in [0.4, 0.5) is 13.2 Å². The van der Waals surface area contributed by atoms with Gasteiger partial charge >= 0.3 is 6.18 Å². The molecule has 0 aromatic carbocycles. The van der Waals surface area contributed by atoms with Crippen LogP contribution in [0.15, 0.2) is 16.7 Å². The Bertz CT molecular complexity index is 1030. The summed E-state index contributed by atoms with van der Waals surface area (Å²) in [6, 6.07) is 0.848. The van der Waals surface area contributed by atoms with Crippen molar-refractivity contribution < 1.29 is 18.0 Å². The topological polar surface area (TPSA) is 68.3 Å². The Kier molecular flexibility index (Phi) is 4.93. The van der Waals surface area contributed by atoms with Gasteiger partial charge < -0.3 is 4.90 Å². The molecule has 0 N–H and O–H groups in total. The molecule has 0 fully saturated rings. The SMILES string of the molecule is Cc1cc(C(F)(F)F)n2nc(C(=O)N(C)Cc3c(Br)cnn3C)c(Cl)c2n1. The summed E-state index contributed by atoms with van der Waals surface area (Å²) >= 11 is 9.48. The second-order valence-corrected chi connectivity index (χ2v) is 7.13. The number of amides is 1. The van der Waals surface area contributed by atoms with Crippen molar-refractivity contribution in [2.24, 2.45) is 7.05 Å². The van der Waals surface area contributed by atoms with Gasteiger partial charge in [0.05, 0.1) is 22.9 Å². The van der Waals surface area contributed by atoms with E-state index in [0.29, 0.717) is 14.7 Å². The van der Waals surface area contributed by atoms with E-state index in [4.69, 9.17) is 11.6 Å². The van der Waals surface area contributed by atoms with E-state index in [9.17, 15) is 18.0 Å². The second-order valence-electron chi connectivity index (χ2n) is 5.90. The van der Waals surface area contributed by atoms with Crippen LogP contribution in [0.25, 0.3) is 5.65 Å². The average Bonchev–Trinajstić information content (AvgIpc) is 3.07. The molecular weight excluding hydrogens is 453 g/mol. The molecule has 0 aliphatic heterocycles. The molecule has 12 heteroatoms. The molecule has 1 amide bonds. The zero-order chi connectivity index (χ0) is 20.1. The van der Waals surface area contributed by atoms with Crippen LogP contribution in [0.3, 0.4) is 0 Å². The number of fused-ring (bicyclic) bond motifs is 1. The van der Waals surface area contributed by atoms with Gasteiger partial charge in [-0.15, -0.1) is 0 Å². The van der Waals surface area contributed by atoms with Crippen LogP contribution in [0, 0.1) is 6.92 Å². The molecule has 144 valence electrons. The molecule has 0 atom stereocenters. The zero-order valence-corrected chi connectivity index (χ0v) is 16.7. The Balaban J connectivity index is 2.04. The van der Waals surface area contributed by atoms with E-state index in [0.717, 1.165) is 6.07 Å². The van der Waals surface area contributed by atoms with Crippen molar-refractivity contribution in [1.29, 1.82) is 0 Å². The maximum Gasteiger partial charge on any atom is 0.433 e. The Morgan fingerprint density at radius 1 is 1.41 bits per heavy atom. The number of hydrogen-bond donors (Lipinski definition) is 0. The first-order valence-electron chi connectivity index (χ1n) is 7.55. The lowest BCUT2D eigenvalue weighted by Crippen LogP contribution is -2.28. The predicted octanol–water partition coefficient (Wildman–Crippen LogP) is 3.48. The van der Waals surface area contributed by atoms with E-state index in [1.54, 1.807) is 17.9 Å². The van der Waals surface area contributed by atoms with E-state index in [2.05, 4.69) is 31.1 Å². The monoisotopic (exact) mass is 464 g/mol. The van der Waals surface area contributed by atoms with Crippen LogP contribution in [0.5, 0.6) is 0 Å². The Morgan fingerprint density at radius 3 is 2.63 bits per heavy atom. The number of aryl methyl sites for hydroxylation is 2. The number of hydrogen-bond acceptors (Lipinski definition) is 4. The van der Waals surface area contributed by atoms with Crippen LogP contribution in [-0.2, 0) is 19.8 Å². The van der Waals surface area contributed by atoms with Gasteiger partial charge in [-0.1, -0.05) is 11.6 Å². The summed E-state index contributed by atoms with van der Waals surface area (Å²) in [5, 5.41) is 7.61. The highest BCUT2D eigenvalue weighted by Crippen LogP contribution is 2.32. The summed E-state index contributed by atoms with van der Waals surface area (Å²) in [6.07, 6.45) is -3.10. The molecule has 3 heterocycles. The van der Waals surface area contributed by atoms with Gasteiger partial charge in [0.1, 0.15) is 10.7 Å². The average molecular weight is 466 g/mol. The van der Waals surface area contributed by atoms with Gasteiger partial charge in [-0.2, -0.15) is 23.4 Å². The van der Waals surface area contributed by atoms with Gasteiger partial charge in [0.25, 0.3) is 5.91 Å². The molecule has 0 bridgehead atoms. The van der Waals surface area contributed by atoms with E-state index in [1.807, 2.05) is 0 Å². The molecule has 0 aliphatic rings. The number of nitrogens with zero attached hydrogens (tertiary/aromatic N) is 6. The van der Waals surface area contributed by atoms with Crippen molar-refractivity contribution in [3.8, 4) is 0 Å². The van der Waals surface area contributed by atoms with E-state index in [1.165, 1.54) is 18.9 Å². The highest BCUT2D eigenvalue weighted by molar-refractivity contribution is 9.10. The summed E-state index contributed by atoms with van der Waals surface area (Å²) in [5.41, 5.74) is -0.759. The molecule has 3 aromatic heterocycles. The first kappa shape index (κ1) is 19.6. The van der Waals surface area contributed by atoms with Crippen molar-refractivity contribution in [3.63, 3.8) is 0 Å². The van der Waals surface area contributed by atoms with Crippen molar-refractivity contribution in [3.05, 3.63) is 44.5 Å². The first-order chi connectivity index (χ1) is 12.5. The quantitative estimate of drug-likeness (QED) is 0.594. The van der Waals surface area contributed by atoms with Crippen molar-refractivity contribution in [2.45, 2.75) is 19.6 Å². The van der Waals surface area contributed by atoms with Gasteiger partial charge in [-0.3, -0.25) is 9.48 Å². The van der Waals surface area contributed by atoms with Crippen LogP contribution in [0.1, 0.15) is 27.6 Å². The van der Waals surface area contributed by atoms with Crippen molar-refractivity contribution in [2.75, 3.05) is 7.05 Å². The molecule has 27 heavy (non-hydrogen) atoms. The summed E-state index contributed by atoms with van der Waals surface area (Å²) < 4.78 is 42.7. The van der Waals surface area contributed by atoms with Crippen molar-refractivity contribution >= 4 is 39.1 Å². The minimum absolute atomic E-state index is 0.114. The first-order valence-corrected chi connectivity index (χ1v) is 8.72. The fourth-order valence-electron chi connectivity index (χ4n) is 2.54. The highest BCUT2D eigenvalue weighted by Gasteiger charge is 2.36. The normalized spacial score (nSPS) is 12.0. The van der Waals surface area contributed by atoms with E-state index >= 15 is 0 Å². The van der Waals surface area contributed by atoms with Gasteiger partial charge in [-0.05, 0) is 28.9 Å². The molecule has 0 saturated heterocycles.